The predicted octanol–water partition coefficient (Wildman–Crippen LogP) is 3.92. The van der Waals surface area contributed by atoms with Crippen LogP contribution in [0, 0.1) is 63.1 Å². The Hall–Kier alpha value is -2.85. The van der Waals surface area contributed by atoms with Crippen molar-refractivity contribution in [3.05, 3.63) is 12.2 Å². The van der Waals surface area contributed by atoms with Crippen molar-refractivity contribution in [2.24, 2.45) is 29.1 Å². The van der Waals surface area contributed by atoms with Crippen LogP contribution in [0.4, 0.5) is 0 Å². The monoisotopic (exact) mass is 436 g/mol. The van der Waals surface area contributed by atoms with E-state index in [-0.39, 0.29) is 35.5 Å². The molecule has 5 atom stereocenters. The second-order valence-electron chi connectivity index (χ2n) is 10.3. The molecule has 4 rings (SSSR count). The molecule has 7 heteroatoms. The molecule has 0 radical (unpaired) electrons. The van der Waals surface area contributed by atoms with Gasteiger partial charge in [-0.1, -0.05) is 6.58 Å². The fourth-order valence-electron chi connectivity index (χ4n) is 6.74. The molecule has 5 unspecified atom stereocenters. The summed E-state index contributed by atoms with van der Waals surface area (Å²) in [6.45, 7) is 5.78. The molecule has 4 aliphatic rings. The molecule has 1 N–H and O–H groups in total. The van der Waals surface area contributed by atoms with E-state index in [2.05, 4.69) is 30.1 Å². The first-order valence-electron chi connectivity index (χ1n) is 11.5. The summed E-state index contributed by atoms with van der Waals surface area (Å²) >= 11 is 0. The summed E-state index contributed by atoms with van der Waals surface area (Å²) in [6, 6.07) is 6.54. The van der Waals surface area contributed by atoms with Crippen LogP contribution in [0.3, 0.4) is 0 Å². The fourth-order valence-corrected chi connectivity index (χ4v) is 6.74. The lowest BCUT2D eigenvalue weighted by Gasteiger charge is -2.64. The normalized spacial score (nSPS) is 31.9. The lowest BCUT2D eigenvalue weighted by Crippen LogP contribution is -2.63. The maximum Gasteiger partial charge on any atom is 0.333 e. The zero-order chi connectivity index (χ0) is 23.4. The zero-order valence-electron chi connectivity index (χ0n) is 18.9. The van der Waals surface area contributed by atoms with E-state index in [1.54, 1.807) is 6.92 Å². The van der Waals surface area contributed by atoms with E-state index in [4.69, 9.17) is 15.3 Å². The smallest absolute Gasteiger partial charge is 0.333 e. The van der Waals surface area contributed by atoms with Gasteiger partial charge in [0, 0.05) is 43.7 Å². The van der Waals surface area contributed by atoms with Gasteiger partial charge in [0.05, 0.1) is 18.2 Å². The van der Waals surface area contributed by atoms with Gasteiger partial charge in [0.1, 0.15) is 5.60 Å². The molecule has 0 aromatic carbocycles. The molecule has 4 saturated carbocycles. The average molecular weight is 437 g/mol. The zero-order valence-corrected chi connectivity index (χ0v) is 18.9. The van der Waals surface area contributed by atoms with Crippen molar-refractivity contribution in [3.8, 4) is 18.2 Å². The molecule has 0 aromatic heterocycles. The number of hydrogen-bond acceptors (Lipinski definition) is 6. The number of carbonyl (C=O) groups is 2. The number of nitrogens with one attached hydrogen (secondary N) is 1. The first-order chi connectivity index (χ1) is 15.3. The molecule has 4 aliphatic carbocycles. The predicted molar refractivity (Wildman–Crippen MR) is 116 cm³/mol. The van der Waals surface area contributed by atoms with E-state index >= 15 is 0 Å². The summed E-state index contributed by atoms with van der Waals surface area (Å²) in [5.74, 6) is 0.0721. The van der Waals surface area contributed by atoms with Crippen molar-refractivity contribution in [1.82, 2.24) is 5.32 Å². The Morgan fingerprint density at radius 1 is 1.16 bits per heavy atom. The van der Waals surface area contributed by atoms with Gasteiger partial charge in [-0.25, -0.2) is 4.79 Å². The molecular weight excluding hydrogens is 404 g/mol. The SMILES string of the molecule is C=C(C)C(=O)OC12CC3CC(CC(CC#N)(C3)C1)C2CC(=O)NCCC(CC#N)CC#N. The second kappa shape index (κ2) is 9.74. The van der Waals surface area contributed by atoms with Gasteiger partial charge in [-0.2, -0.15) is 15.8 Å². The largest absolute Gasteiger partial charge is 0.455 e. The van der Waals surface area contributed by atoms with Crippen LogP contribution in [0.1, 0.15) is 71.1 Å². The number of nitrogens with zero attached hydrogens (tertiary/aromatic N) is 3. The minimum Gasteiger partial charge on any atom is -0.455 e. The van der Waals surface area contributed by atoms with Gasteiger partial charge < -0.3 is 10.1 Å². The Labute approximate surface area is 190 Å². The van der Waals surface area contributed by atoms with Gasteiger partial charge in [-0.05, 0) is 68.6 Å². The third kappa shape index (κ3) is 4.97. The van der Waals surface area contributed by atoms with Crippen molar-refractivity contribution in [1.29, 1.82) is 15.8 Å². The number of ether oxygens (including phenoxy) is 1. The second-order valence-corrected chi connectivity index (χ2v) is 10.3. The number of esters is 1. The highest BCUT2D eigenvalue weighted by molar-refractivity contribution is 5.87. The van der Waals surface area contributed by atoms with Crippen molar-refractivity contribution < 1.29 is 14.3 Å². The molecular formula is C25H32N4O3. The summed E-state index contributed by atoms with van der Waals surface area (Å²) in [5, 5.41) is 30.2. The third-order valence-corrected chi connectivity index (χ3v) is 7.74. The van der Waals surface area contributed by atoms with Crippen molar-refractivity contribution >= 4 is 11.9 Å². The number of nitriles is 3. The van der Waals surface area contributed by atoms with Crippen LogP contribution in [0.2, 0.25) is 0 Å². The van der Waals surface area contributed by atoms with Crippen LogP contribution >= 0.6 is 0 Å². The highest BCUT2D eigenvalue weighted by atomic mass is 16.6. The maximum absolute atomic E-state index is 12.8. The van der Waals surface area contributed by atoms with Crippen LogP contribution < -0.4 is 5.32 Å². The molecule has 4 fully saturated rings. The standard InChI is InChI=1S/C25H32N4O3/c1-17(2)23(31)32-25-14-19-11-20(15-24(13-19,16-25)6-9-28)21(25)12-22(30)29-10-5-18(3-7-26)4-8-27/h18-21H,1,3-6,10-16H2,2H3,(H,29,30). The van der Waals surface area contributed by atoms with Crippen LogP contribution in [0.5, 0.6) is 0 Å². The van der Waals surface area contributed by atoms with Gasteiger partial charge in [0.2, 0.25) is 5.91 Å². The van der Waals surface area contributed by atoms with Crippen LogP contribution in [-0.2, 0) is 14.3 Å². The lowest BCUT2D eigenvalue weighted by molar-refractivity contribution is -0.225. The highest BCUT2D eigenvalue weighted by Crippen LogP contribution is 2.66. The lowest BCUT2D eigenvalue weighted by atomic mass is 9.43. The number of hydrogen-bond donors (Lipinski definition) is 1. The molecule has 0 heterocycles. The van der Waals surface area contributed by atoms with E-state index in [1.807, 2.05) is 0 Å². The summed E-state index contributed by atoms with van der Waals surface area (Å²) < 4.78 is 6.10. The van der Waals surface area contributed by atoms with Crippen LogP contribution in [-0.4, -0.2) is 24.0 Å². The number of carbonyl (C=O) groups excluding carboxylic acids is 2. The first-order valence-corrected chi connectivity index (χ1v) is 11.5. The Morgan fingerprint density at radius 3 is 2.50 bits per heavy atom. The topological polar surface area (TPSA) is 127 Å². The quantitative estimate of drug-likeness (QED) is 0.408. The van der Waals surface area contributed by atoms with E-state index in [9.17, 15) is 14.9 Å². The average Bonchev–Trinajstić information content (AvgIpc) is 2.70. The molecule has 0 spiro atoms. The highest BCUT2D eigenvalue weighted by Gasteiger charge is 2.64. The van der Waals surface area contributed by atoms with Gasteiger partial charge in [0.15, 0.2) is 0 Å². The third-order valence-electron chi connectivity index (χ3n) is 7.74. The molecule has 0 saturated heterocycles. The minimum absolute atomic E-state index is 0.0415. The van der Waals surface area contributed by atoms with Gasteiger partial charge in [0.25, 0.3) is 0 Å². The fraction of sp³-hybridized carbons (Fsp3) is 0.720. The molecule has 170 valence electrons. The number of rotatable bonds is 10. The molecule has 1 amide bonds. The summed E-state index contributed by atoms with van der Waals surface area (Å²) in [7, 11) is 0. The molecule has 32 heavy (non-hydrogen) atoms. The summed E-state index contributed by atoms with van der Waals surface area (Å²) in [4.78, 5) is 25.4. The molecule has 0 aromatic rings. The van der Waals surface area contributed by atoms with Gasteiger partial charge in [-0.3, -0.25) is 4.79 Å². The van der Waals surface area contributed by atoms with E-state index in [1.165, 1.54) is 0 Å². The van der Waals surface area contributed by atoms with E-state index in [0.29, 0.717) is 50.1 Å². The Balaban J connectivity index is 1.70. The van der Waals surface area contributed by atoms with Crippen molar-refractivity contribution in [2.75, 3.05) is 6.54 Å². The summed E-state index contributed by atoms with van der Waals surface area (Å²) in [5.41, 5.74) is -0.484. The number of amides is 1. The van der Waals surface area contributed by atoms with E-state index in [0.717, 1.165) is 25.7 Å². The molecule has 4 bridgehead atoms. The molecule has 7 nitrogen and oxygen atoms in total. The van der Waals surface area contributed by atoms with Gasteiger partial charge >= 0.3 is 5.97 Å². The minimum atomic E-state index is -0.710. The maximum atomic E-state index is 12.8. The van der Waals surface area contributed by atoms with Crippen LogP contribution in [0.25, 0.3) is 0 Å². The van der Waals surface area contributed by atoms with Crippen molar-refractivity contribution in [3.63, 3.8) is 0 Å². The summed E-state index contributed by atoms with van der Waals surface area (Å²) in [6.07, 6.45) is 6.26. The van der Waals surface area contributed by atoms with Crippen molar-refractivity contribution in [2.45, 2.75) is 76.7 Å². The first kappa shape index (κ1) is 23.8. The van der Waals surface area contributed by atoms with Crippen LogP contribution in [0.15, 0.2) is 12.2 Å². The molecule has 0 aliphatic heterocycles. The Morgan fingerprint density at radius 2 is 1.88 bits per heavy atom. The van der Waals surface area contributed by atoms with Gasteiger partial charge in [-0.15, -0.1) is 0 Å². The Bertz CT molecular complexity index is 878. The Kier molecular flexibility index (Phi) is 7.25. The van der Waals surface area contributed by atoms with E-state index < -0.39 is 11.6 Å².